The molecule has 2 aromatic heterocycles. The maximum Gasteiger partial charge on any atom is 0.255 e. The third-order valence-corrected chi connectivity index (χ3v) is 6.17. The van der Waals surface area contributed by atoms with Gasteiger partial charge in [-0.2, -0.15) is 0 Å². The van der Waals surface area contributed by atoms with Crippen molar-refractivity contribution in [2.75, 3.05) is 26.2 Å². The van der Waals surface area contributed by atoms with Gasteiger partial charge in [-0.25, -0.2) is 4.98 Å². The minimum absolute atomic E-state index is 0.0191. The smallest absolute Gasteiger partial charge is 0.255 e. The SMILES string of the molecule is Cc1nc2c3c(c(C(=O)N4CCNCC4)cn2c1C)CCC(c1ccccc1)O3. The standard InChI is InChI=1S/C23H26N4O2/c1-15-16(2)27-14-19(23(28)26-12-10-24-11-13-26)18-8-9-20(17-6-4-3-5-7-17)29-21(18)22(27)25-15/h3-7,14,20,24H,8-13H2,1-2H3. The number of nitrogens with zero attached hydrogens (tertiary/aromatic N) is 3. The molecule has 1 saturated heterocycles. The number of carbonyl (C=O) groups excluding carboxylic acids is 1. The highest BCUT2D eigenvalue weighted by molar-refractivity contribution is 5.97. The van der Waals surface area contributed by atoms with Crippen LogP contribution in [-0.2, 0) is 6.42 Å². The number of imidazole rings is 1. The fraction of sp³-hybridized carbons (Fsp3) is 0.391. The number of fused-ring (bicyclic) bond motifs is 3. The second kappa shape index (κ2) is 7.19. The lowest BCUT2D eigenvalue weighted by atomic mass is 9.94. The number of benzene rings is 1. The van der Waals surface area contributed by atoms with Crippen molar-refractivity contribution in [2.24, 2.45) is 0 Å². The highest BCUT2D eigenvalue weighted by Gasteiger charge is 2.31. The van der Waals surface area contributed by atoms with Crippen LogP contribution < -0.4 is 10.1 Å². The van der Waals surface area contributed by atoms with Gasteiger partial charge in [-0.15, -0.1) is 0 Å². The van der Waals surface area contributed by atoms with E-state index in [4.69, 9.17) is 9.72 Å². The molecule has 0 bridgehead atoms. The molecule has 5 rings (SSSR count). The average molecular weight is 390 g/mol. The van der Waals surface area contributed by atoms with Crippen LogP contribution in [0.2, 0.25) is 0 Å². The highest BCUT2D eigenvalue weighted by Crippen LogP contribution is 2.40. The first-order chi connectivity index (χ1) is 14.1. The van der Waals surface area contributed by atoms with Crippen molar-refractivity contribution in [1.82, 2.24) is 19.6 Å². The van der Waals surface area contributed by atoms with Gasteiger partial charge in [-0.1, -0.05) is 30.3 Å². The molecule has 29 heavy (non-hydrogen) atoms. The van der Waals surface area contributed by atoms with Crippen molar-refractivity contribution in [2.45, 2.75) is 32.8 Å². The van der Waals surface area contributed by atoms with Crippen molar-refractivity contribution in [1.29, 1.82) is 0 Å². The average Bonchev–Trinajstić information content (AvgIpc) is 3.07. The Morgan fingerprint density at radius 2 is 1.93 bits per heavy atom. The number of aromatic nitrogens is 2. The number of piperazine rings is 1. The van der Waals surface area contributed by atoms with Crippen molar-refractivity contribution in [3.63, 3.8) is 0 Å². The molecule has 0 saturated carbocycles. The Kier molecular flexibility index (Phi) is 4.51. The lowest BCUT2D eigenvalue weighted by Gasteiger charge is -2.31. The Bertz CT molecular complexity index is 1070. The van der Waals surface area contributed by atoms with E-state index in [0.29, 0.717) is 0 Å². The zero-order valence-corrected chi connectivity index (χ0v) is 16.9. The van der Waals surface area contributed by atoms with Gasteiger partial charge in [-0.05, 0) is 32.3 Å². The van der Waals surface area contributed by atoms with Gasteiger partial charge < -0.3 is 19.4 Å². The molecule has 6 heteroatoms. The zero-order valence-electron chi connectivity index (χ0n) is 16.9. The van der Waals surface area contributed by atoms with Crippen LogP contribution in [0.5, 0.6) is 5.75 Å². The first-order valence-corrected chi connectivity index (χ1v) is 10.4. The molecule has 1 aromatic carbocycles. The maximum absolute atomic E-state index is 13.4. The fourth-order valence-corrected chi connectivity index (χ4v) is 4.38. The summed E-state index contributed by atoms with van der Waals surface area (Å²) in [4.78, 5) is 20.1. The van der Waals surface area contributed by atoms with E-state index in [-0.39, 0.29) is 12.0 Å². The van der Waals surface area contributed by atoms with Crippen LogP contribution in [0.3, 0.4) is 0 Å². The van der Waals surface area contributed by atoms with E-state index >= 15 is 0 Å². The normalized spacial score (nSPS) is 19.1. The molecule has 2 aliphatic rings. The summed E-state index contributed by atoms with van der Waals surface area (Å²) in [5.74, 6) is 0.861. The Morgan fingerprint density at radius 3 is 2.69 bits per heavy atom. The number of nitrogens with one attached hydrogen (secondary N) is 1. The number of carbonyl (C=O) groups is 1. The molecule has 1 unspecified atom stereocenters. The Balaban J connectivity index is 1.62. The van der Waals surface area contributed by atoms with Gasteiger partial charge in [0.2, 0.25) is 0 Å². The van der Waals surface area contributed by atoms with E-state index in [1.807, 2.05) is 47.5 Å². The number of aryl methyl sites for hydroxylation is 2. The number of hydrogen-bond donors (Lipinski definition) is 1. The molecule has 1 fully saturated rings. The highest BCUT2D eigenvalue weighted by atomic mass is 16.5. The van der Waals surface area contributed by atoms with Crippen molar-refractivity contribution in [3.8, 4) is 5.75 Å². The molecule has 0 spiro atoms. The number of ether oxygens (including phenoxy) is 1. The van der Waals surface area contributed by atoms with E-state index in [9.17, 15) is 4.79 Å². The van der Waals surface area contributed by atoms with Gasteiger partial charge in [0.05, 0.1) is 11.3 Å². The van der Waals surface area contributed by atoms with Gasteiger partial charge in [0.15, 0.2) is 11.4 Å². The largest absolute Gasteiger partial charge is 0.481 e. The molecule has 1 atom stereocenters. The molecule has 3 aromatic rings. The summed E-state index contributed by atoms with van der Waals surface area (Å²) in [5, 5.41) is 3.32. The Hall–Kier alpha value is -2.86. The van der Waals surface area contributed by atoms with Crippen LogP contribution in [-0.4, -0.2) is 46.4 Å². The molecule has 1 N–H and O–H groups in total. The summed E-state index contributed by atoms with van der Waals surface area (Å²) < 4.78 is 8.54. The summed E-state index contributed by atoms with van der Waals surface area (Å²) in [7, 11) is 0. The minimum atomic E-state index is -0.0191. The summed E-state index contributed by atoms with van der Waals surface area (Å²) in [6.45, 7) is 7.20. The number of pyridine rings is 1. The lowest BCUT2D eigenvalue weighted by Crippen LogP contribution is -2.46. The third kappa shape index (κ3) is 3.08. The van der Waals surface area contributed by atoms with Crippen molar-refractivity contribution >= 4 is 11.6 Å². The van der Waals surface area contributed by atoms with Gasteiger partial charge in [0, 0.05) is 43.6 Å². The molecular weight excluding hydrogens is 364 g/mol. The van der Waals surface area contributed by atoms with E-state index in [2.05, 4.69) is 17.4 Å². The lowest BCUT2D eigenvalue weighted by molar-refractivity contribution is 0.0731. The van der Waals surface area contributed by atoms with Gasteiger partial charge >= 0.3 is 0 Å². The second-order valence-electron chi connectivity index (χ2n) is 7.92. The molecular formula is C23H26N4O2. The monoisotopic (exact) mass is 390 g/mol. The summed E-state index contributed by atoms with van der Waals surface area (Å²) in [5.41, 5.74) is 5.73. The zero-order chi connectivity index (χ0) is 20.0. The van der Waals surface area contributed by atoms with E-state index in [0.717, 1.165) is 78.5 Å². The quantitative estimate of drug-likeness (QED) is 0.731. The van der Waals surface area contributed by atoms with Crippen LogP contribution in [0.15, 0.2) is 36.5 Å². The topological polar surface area (TPSA) is 58.9 Å². The number of hydrogen-bond acceptors (Lipinski definition) is 4. The van der Waals surface area contributed by atoms with Gasteiger partial charge in [0.1, 0.15) is 6.10 Å². The van der Waals surface area contributed by atoms with E-state index < -0.39 is 0 Å². The predicted molar refractivity (Wildman–Crippen MR) is 112 cm³/mol. The van der Waals surface area contributed by atoms with Crippen LogP contribution in [0.25, 0.3) is 5.65 Å². The fourth-order valence-electron chi connectivity index (χ4n) is 4.38. The molecule has 6 nitrogen and oxygen atoms in total. The van der Waals surface area contributed by atoms with Crippen LogP contribution in [0.1, 0.15) is 45.4 Å². The number of amides is 1. The number of rotatable bonds is 2. The molecule has 1 amide bonds. The molecule has 150 valence electrons. The molecule has 4 heterocycles. The van der Waals surface area contributed by atoms with Crippen LogP contribution in [0.4, 0.5) is 0 Å². The van der Waals surface area contributed by atoms with Crippen LogP contribution >= 0.6 is 0 Å². The van der Waals surface area contributed by atoms with Gasteiger partial charge in [-0.3, -0.25) is 4.79 Å². The maximum atomic E-state index is 13.4. The summed E-state index contributed by atoms with van der Waals surface area (Å²) in [6.07, 6.45) is 3.62. The molecule has 2 aliphatic heterocycles. The molecule has 0 aliphatic carbocycles. The molecule has 0 radical (unpaired) electrons. The minimum Gasteiger partial charge on any atom is -0.481 e. The van der Waals surface area contributed by atoms with Crippen molar-refractivity contribution in [3.05, 3.63) is 64.6 Å². The van der Waals surface area contributed by atoms with Crippen LogP contribution in [0, 0.1) is 13.8 Å². The van der Waals surface area contributed by atoms with E-state index in [1.54, 1.807) is 0 Å². The van der Waals surface area contributed by atoms with Gasteiger partial charge in [0.25, 0.3) is 5.91 Å². The third-order valence-electron chi connectivity index (χ3n) is 6.17. The first-order valence-electron chi connectivity index (χ1n) is 10.4. The predicted octanol–water partition coefficient (Wildman–Crippen LogP) is 3.06. The summed E-state index contributed by atoms with van der Waals surface area (Å²) >= 11 is 0. The second-order valence-corrected chi connectivity index (χ2v) is 7.92. The Morgan fingerprint density at radius 1 is 1.17 bits per heavy atom. The van der Waals surface area contributed by atoms with E-state index in [1.165, 1.54) is 0 Å². The Labute approximate surface area is 170 Å². The van der Waals surface area contributed by atoms with Crippen molar-refractivity contribution < 1.29 is 9.53 Å². The summed E-state index contributed by atoms with van der Waals surface area (Å²) in [6, 6.07) is 10.3. The first kappa shape index (κ1) is 18.2.